The summed E-state index contributed by atoms with van der Waals surface area (Å²) in [6.45, 7) is 1.86. The first kappa shape index (κ1) is 17.8. The Morgan fingerprint density at radius 3 is 2.54 bits per heavy atom. The molecular formula is C17H17F3N2O2. The molecule has 0 saturated carbocycles. The van der Waals surface area contributed by atoms with E-state index in [4.69, 9.17) is 0 Å². The van der Waals surface area contributed by atoms with E-state index in [1.54, 1.807) is 18.5 Å². The van der Waals surface area contributed by atoms with Crippen molar-refractivity contribution in [2.24, 2.45) is 0 Å². The fourth-order valence-corrected chi connectivity index (χ4v) is 2.14. The monoisotopic (exact) mass is 338 g/mol. The van der Waals surface area contributed by atoms with Crippen LogP contribution >= 0.6 is 0 Å². The molecule has 1 aromatic heterocycles. The molecule has 0 saturated heterocycles. The molecule has 0 aliphatic rings. The minimum atomic E-state index is -4.70. The highest BCUT2D eigenvalue weighted by Gasteiger charge is 2.30. The van der Waals surface area contributed by atoms with E-state index < -0.39 is 6.36 Å². The Morgan fingerprint density at radius 2 is 1.96 bits per heavy atom. The normalized spacial score (nSPS) is 12.5. The first-order chi connectivity index (χ1) is 11.3. The minimum absolute atomic E-state index is 0.137. The Bertz CT molecular complexity index is 658. The van der Waals surface area contributed by atoms with Crippen molar-refractivity contribution < 1.29 is 22.7 Å². The molecule has 0 spiro atoms. The second kappa shape index (κ2) is 7.81. The Morgan fingerprint density at radius 1 is 1.25 bits per heavy atom. The summed E-state index contributed by atoms with van der Waals surface area (Å²) in [4.78, 5) is 15.9. The van der Waals surface area contributed by atoms with Crippen molar-refractivity contribution in [2.75, 3.05) is 0 Å². The van der Waals surface area contributed by atoms with Gasteiger partial charge in [0.25, 0.3) is 0 Å². The third kappa shape index (κ3) is 5.91. The number of alkyl halides is 3. The minimum Gasteiger partial charge on any atom is -0.406 e. The van der Waals surface area contributed by atoms with Crippen molar-refractivity contribution >= 4 is 5.91 Å². The zero-order chi connectivity index (χ0) is 17.6. The summed E-state index contributed by atoms with van der Waals surface area (Å²) in [6, 6.07) is 9.00. The van der Waals surface area contributed by atoms with E-state index in [0.29, 0.717) is 6.42 Å². The molecule has 0 bridgehead atoms. The molecule has 1 aromatic carbocycles. The van der Waals surface area contributed by atoms with Crippen LogP contribution in [0.15, 0.2) is 48.8 Å². The van der Waals surface area contributed by atoms with Gasteiger partial charge in [0.05, 0.1) is 6.04 Å². The second-order valence-corrected chi connectivity index (χ2v) is 5.27. The number of aryl methyl sites for hydroxylation is 1. The Balaban J connectivity index is 1.81. The summed E-state index contributed by atoms with van der Waals surface area (Å²) in [7, 11) is 0. The number of carbonyl (C=O) groups is 1. The summed E-state index contributed by atoms with van der Waals surface area (Å²) < 4.78 is 40.0. The van der Waals surface area contributed by atoms with Crippen molar-refractivity contribution in [3.63, 3.8) is 0 Å². The molecule has 0 radical (unpaired) electrons. The van der Waals surface area contributed by atoms with Crippen LogP contribution in [0.25, 0.3) is 0 Å². The van der Waals surface area contributed by atoms with Crippen LogP contribution in [0.3, 0.4) is 0 Å². The van der Waals surface area contributed by atoms with Gasteiger partial charge < -0.3 is 10.1 Å². The van der Waals surface area contributed by atoms with Gasteiger partial charge in [-0.05, 0) is 42.7 Å². The lowest BCUT2D eigenvalue weighted by atomic mass is 10.1. The molecule has 128 valence electrons. The Kier molecular flexibility index (Phi) is 5.78. The fraction of sp³-hybridized carbons (Fsp3) is 0.294. The van der Waals surface area contributed by atoms with Crippen LogP contribution in [-0.4, -0.2) is 17.3 Å². The summed E-state index contributed by atoms with van der Waals surface area (Å²) >= 11 is 0. The highest BCUT2D eigenvalue weighted by atomic mass is 19.4. The molecule has 4 nitrogen and oxygen atoms in total. The third-order valence-corrected chi connectivity index (χ3v) is 3.36. The van der Waals surface area contributed by atoms with Gasteiger partial charge in [0.2, 0.25) is 5.91 Å². The van der Waals surface area contributed by atoms with Crippen molar-refractivity contribution in [3.05, 3.63) is 59.9 Å². The average molecular weight is 338 g/mol. The molecule has 0 fully saturated rings. The number of halogens is 3. The number of nitrogens with one attached hydrogen (secondary N) is 1. The Labute approximate surface area is 137 Å². The van der Waals surface area contributed by atoms with Crippen LogP contribution in [-0.2, 0) is 11.2 Å². The summed E-state index contributed by atoms with van der Waals surface area (Å²) in [5.41, 5.74) is 1.66. The van der Waals surface area contributed by atoms with Gasteiger partial charge in [-0.1, -0.05) is 18.2 Å². The standard InChI is InChI=1S/C17H17F3N2O2/c1-12(14-3-2-10-21-11-14)22-16(23)9-6-13-4-7-15(8-5-13)24-17(18,19)20/h2-5,7-8,10-12H,6,9H2,1H3,(H,22,23)/t12-/m1/s1. The van der Waals surface area contributed by atoms with E-state index in [0.717, 1.165) is 11.1 Å². The first-order valence-corrected chi connectivity index (χ1v) is 7.37. The average Bonchev–Trinajstić information content (AvgIpc) is 2.53. The van der Waals surface area contributed by atoms with Crippen molar-refractivity contribution in [3.8, 4) is 5.75 Å². The molecule has 0 aliphatic heterocycles. The predicted molar refractivity (Wildman–Crippen MR) is 82.2 cm³/mol. The summed E-state index contributed by atoms with van der Waals surface area (Å²) in [5, 5.41) is 2.86. The van der Waals surface area contributed by atoms with Crippen LogP contribution in [0.5, 0.6) is 5.75 Å². The zero-order valence-corrected chi connectivity index (χ0v) is 13.0. The maximum absolute atomic E-state index is 12.1. The SMILES string of the molecule is C[C@@H](NC(=O)CCc1ccc(OC(F)(F)F)cc1)c1cccnc1. The maximum atomic E-state index is 12.1. The van der Waals surface area contributed by atoms with Crippen LogP contribution < -0.4 is 10.1 Å². The van der Waals surface area contributed by atoms with Crippen LogP contribution in [0.4, 0.5) is 13.2 Å². The quantitative estimate of drug-likeness (QED) is 0.872. The maximum Gasteiger partial charge on any atom is 0.573 e. The van der Waals surface area contributed by atoms with Gasteiger partial charge >= 0.3 is 6.36 Å². The number of pyridine rings is 1. The Hall–Kier alpha value is -2.57. The predicted octanol–water partition coefficient (Wildman–Crippen LogP) is 3.79. The largest absolute Gasteiger partial charge is 0.573 e. The molecule has 1 atom stereocenters. The van der Waals surface area contributed by atoms with Gasteiger partial charge in [-0.2, -0.15) is 0 Å². The van der Waals surface area contributed by atoms with Crippen LogP contribution in [0, 0.1) is 0 Å². The zero-order valence-electron chi connectivity index (χ0n) is 13.0. The molecule has 2 aromatic rings. The van der Waals surface area contributed by atoms with E-state index in [1.807, 2.05) is 13.0 Å². The fourth-order valence-electron chi connectivity index (χ4n) is 2.14. The summed E-state index contributed by atoms with van der Waals surface area (Å²) in [6.07, 6.45) is -0.694. The topological polar surface area (TPSA) is 51.2 Å². The smallest absolute Gasteiger partial charge is 0.406 e. The van der Waals surface area contributed by atoms with Gasteiger partial charge in [0, 0.05) is 18.8 Å². The number of rotatable bonds is 6. The number of amides is 1. The van der Waals surface area contributed by atoms with Gasteiger partial charge in [-0.25, -0.2) is 0 Å². The summed E-state index contributed by atoms with van der Waals surface area (Å²) in [5.74, 6) is -0.414. The van der Waals surface area contributed by atoms with Gasteiger partial charge in [0.1, 0.15) is 5.75 Å². The highest BCUT2D eigenvalue weighted by molar-refractivity contribution is 5.76. The van der Waals surface area contributed by atoms with E-state index in [9.17, 15) is 18.0 Å². The third-order valence-electron chi connectivity index (χ3n) is 3.36. The molecule has 0 unspecified atom stereocenters. The number of hydrogen-bond donors (Lipinski definition) is 1. The van der Waals surface area contributed by atoms with E-state index in [1.165, 1.54) is 24.3 Å². The van der Waals surface area contributed by atoms with E-state index >= 15 is 0 Å². The number of benzene rings is 1. The number of ether oxygens (including phenoxy) is 1. The molecule has 1 N–H and O–H groups in total. The lowest BCUT2D eigenvalue weighted by Crippen LogP contribution is -2.26. The van der Waals surface area contributed by atoms with Crippen LogP contribution in [0.2, 0.25) is 0 Å². The molecule has 24 heavy (non-hydrogen) atoms. The van der Waals surface area contributed by atoms with Crippen molar-refractivity contribution in [1.82, 2.24) is 10.3 Å². The number of aromatic nitrogens is 1. The molecule has 7 heteroatoms. The molecule has 0 aliphatic carbocycles. The number of nitrogens with zero attached hydrogens (tertiary/aromatic N) is 1. The van der Waals surface area contributed by atoms with Gasteiger partial charge in [-0.3, -0.25) is 9.78 Å². The molecule has 1 amide bonds. The first-order valence-electron chi connectivity index (χ1n) is 7.37. The van der Waals surface area contributed by atoms with Crippen LogP contribution in [0.1, 0.15) is 30.5 Å². The van der Waals surface area contributed by atoms with Gasteiger partial charge in [-0.15, -0.1) is 13.2 Å². The molecule has 1 heterocycles. The van der Waals surface area contributed by atoms with E-state index in [-0.39, 0.29) is 24.1 Å². The lowest BCUT2D eigenvalue weighted by Gasteiger charge is -2.14. The highest BCUT2D eigenvalue weighted by Crippen LogP contribution is 2.23. The van der Waals surface area contributed by atoms with E-state index in [2.05, 4.69) is 15.0 Å². The number of hydrogen-bond acceptors (Lipinski definition) is 3. The number of carbonyl (C=O) groups excluding carboxylic acids is 1. The molecular weight excluding hydrogens is 321 g/mol. The van der Waals surface area contributed by atoms with Crippen molar-refractivity contribution in [1.29, 1.82) is 0 Å². The van der Waals surface area contributed by atoms with Gasteiger partial charge in [0.15, 0.2) is 0 Å². The van der Waals surface area contributed by atoms with Crippen molar-refractivity contribution in [2.45, 2.75) is 32.2 Å². The molecule has 2 rings (SSSR count). The lowest BCUT2D eigenvalue weighted by molar-refractivity contribution is -0.274. The second-order valence-electron chi connectivity index (χ2n) is 5.27.